The smallest absolute Gasteiger partial charge is 0.270 e. The Hall–Kier alpha value is -3.03. The van der Waals surface area contributed by atoms with Gasteiger partial charge in [-0.1, -0.05) is 0 Å². The lowest BCUT2D eigenvalue weighted by Gasteiger charge is -2.17. The molecule has 0 spiro atoms. The van der Waals surface area contributed by atoms with Gasteiger partial charge in [0.25, 0.3) is 11.6 Å². The largest absolute Gasteiger partial charge is 0.398 e. The maximum absolute atomic E-state index is 12.6. The lowest BCUT2D eigenvalue weighted by molar-refractivity contribution is -0.384. The second kappa shape index (κ2) is 6.23. The van der Waals surface area contributed by atoms with Gasteiger partial charge in [0.2, 0.25) is 0 Å². The molecule has 2 aromatic rings. The maximum atomic E-state index is 12.6. The fourth-order valence-electron chi connectivity index (χ4n) is 2.51. The van der Waals surface area contributed by atoms with Crippen LogP contribution in [0.1, 0.15) is 40.8 Å². The predicted octanol–water partition coefficient (Wildman–Crippen LogP) is 2.16. The molecule has 0 radical (unpaired) electrons. The van der Waals surface area contributed by atoms with Crippen molar-refractivity contribution in [3.63, 3.8) is 0 Å². The van der Waals surface area contributed by atoms with Crippen molar-refractivity contribution in [2.75, 3.05) is 5.73 Å². The van der Waals surface area contributed by atoms with Crippen LogP contribution in [0.5, 0.6) is 0 Å². The molecule has 0 saturated heterocycles. The Labute approximate surface area is 138 Å². The van der Waals surface area contributed by atoms with Crippen molar-refractivity contribution < 1.29 is 9.72 Å². The van der Waals surface area contributed by atoms with Crippen molar-refractivity contribution in [1.29, 1.82) is 0 Å². The molecule has 0 aliphatic heterocycles. The molecule has 8 heteroatoms. The van der Waals surface area contributed by atoms with E-state index in [9.17, 15) is 14.9 Å². The summed E-state index contributed by atoms with van der Waals surface area (Å²) in [7, 11) is 0. The SMILES string of the molecule is Cc1ccnc([C@H](NC(=O)c2cc([N+](=O)[O-])ccc2N)C2CC2)n1. The summed E-state index contributed by atoms with van der Waals surface area (Å²) in [5.74, 6) is 0.365. The molecule has 0 unspecified atom stereocenters. The Kier molecular flexibility index (Phi) is 4.11. The molecule has 1 fully saturated rings. The van der Waals surface area contributed by atoms with Gasteiger partial charge in [-0.15, -0.1) is 0 Å². The van der Waals surface area contributed by atoms with E-state index in [0.29, 0.717) is 5.82 Å². The second-order valence-corrected chi connectivity index (χ2v) is 5.87. The average Bonchev–Trinajstić information content (AvgIpc) is 3.37. The molecule has 1 aromatic carbocycles. The summed E-state index contributed by atoms with van der Waals surface area (Å²) >= 11 is 0. The number of nitro benzene ring substituents is 1. The number of anilines is 1. The number of nitrogens with one attached hydrogen (secondary N) is 1. The van der Waals surface area contributed by atoms with E-state index in [2.05, 4.69) is 15.3 Å². The van der Waals surface area contributed by atoms with E-state index < -0.39 is 10.8 Å². The van der Waals surface area contributed by atoms with Crippen LogP contribution in [0.15, 0.2) is 30.5 Å². The van der Waals surface area contributed by atoms with Gasteiger partial charge in [0.05, 0.1) is 16.5 Å². The molecule has 8 nitrogen and oxygen atoms in total. The van der Waals surface area contributed by atoms with Crippen molar-refractivity contribution in [3.05, 3.63) is 57.7 Å². The van der Waals surface area contributed by atoms with Crippen molar-refractivity contribution in [2.24, 2.45) is 5.92 Å². The Balaban J connectivity index is 1.87. The highest BCUT2D eigenvalue weighted by Gasteiger charge is 2.35. The molecule has 1 aromatic heterocycles. The van der Waals surface area contributed by atoms with Gasteiger partial charge in [0.1, 0.15) is 0 Å². The molecule has 1 aliphatic rings. The minimum Gasteiger partial charge on any atom is -0.398 e. The van der Waals surface area contributed by atoms with Crippen LogP contribution in [-0.2, 0) is 0 Å². The lowest BCUT2D eigenvalue weighted by atomic mass is 10.1. The fraction of sp³-hybridized carbons (Fsp3) is 0.312. The molecule has 1 heterocycles. The summed E-state index contributed by atoms with van der Waals surface area (Å²) in [6.07, 6.45) is 3.61. The third-order valence-corrected chi connectivity index (χ3v) is 3.96. The summed E-state index contributed by atoms with van der Waals surface area (Å²) in [6.45, 7) is 1.86. The number of rotatable bonds is 5. The average molecular weight is 327 g/mol. The van der Waals surface area contributed by atoms with Crippen molar-refractivity contribution >= 4 is 17.3 Å². The third kappa shape index (κ3) is 3.32. The van der Waals surface area contributed by atoms with Crippen LogP contribution in [0.2, 0.25) is 0 Å². The number of hydrogen-bond donors (Lipinski definition) is 2. The number of carbonyl (C=O) groups is 1. The fourth-order valence-corrected chi connectivity index (χ4v) is 2.51. The summed E-state index contributed by atoms with van der Waals surface area (Å²) in [5.41, 5.74) is 6.72. The Bertz CT molecular complexity index is 804. The molecule has 1 atom stereocenters. The molecular formula is C16H17N5O3. The van der Waals surface area contributed by atoms with Crippen LogP contribution < -0.4 is 11.1 Å². The zero-order chi connectivity index (χ0) is 17.3. The molecule has 3 rings (SSSR count). The summed E-state index contributed by atoms with van der Waals surface area (Å²) in [5, 5.41) is 13.8. The van der Waals surface area contributed by atoms with E-state index in [1.54, 1.807) is 12.3 Å². The predicted molar refractivity (Wildman–Crippen MR) is 87.2 cm³/mol. The van der Waals surface area contributed by atoms with Gasteiger partial charge in [-0.3, -0.25) is 14.9 Å². The summed E-state index contributed by atoms with van der Waals surface area (Å²) in [6, 6.07) is 5.28. The number of nitrogens with zero attached hydrogens (tertiary/aromatic N) is 3. The number of nitrogen functional groups attached to an aromatic ring is 1. The van der Waals surface area contributed by atoms with E-state index >= 15 is 0 Å². The minimum atomic E-state index is -0.557. The Morgan fingerprint density at radius 3 is 2.79 bits per heavy atom. The van der Waals surface area contributed by atoms with Gasteiger partial charge in [-0.05, 0) is 37.8 Å². The van der Waals surface area contributed by atoms with Gasteiger partial charge < -0.3 is 11.1 Å². The van der Waals surface area contributed by atoms with Gasteiger partial charge in [-0.25, -0.2) is 9.97 Å². The van der Waals surface area contributed by atoms with Crippen LogP contribution in [0, 0.1) is 23.0 Å². The standard InChI is InChI=1S/C16H17N5O3/c1-9-6-7-18-15(19-9)14(10-2-3-10)20-16(22)12-8-11(21(23)24)4-5-13(12)17/h4-8,10,14H,2-3,17H2,1H3,(H,20,22)/t14-/m1/s1. The number of nitro groups is 1. The number of amides is 1. The third-order valence-electron chi connectivity index (χ3n) is 3.96. The highest BCUT2D eigenvalue weighted by Crippen LogP contribution is 2.40. The first-order valence-corrected chi connectivity index (χ1v) is 7.60. The van der Waals surface area contributed by atoms with Gasteiger partial charge in [0.15, 0.2) is 5.82 Å². The molecule has 124 valence electrons. The molecule has 0 bridgehead atoms. The number of benzene rings is 1. The van der Waals surface area contributed by atoms with E-state index in [4.69, 9.17) is 5.73 Å². The van der Waals surface area contributed by atoms with Gasteiger partial charge in [-0.2, -0.15) is 0 Å². The topological polar surface area (TPSA) is 124 Å². The number of aromatic nitrogens is 2. The normalized spacial score (nSPS) is 14.9. The van der Waals surface area contributed by atoms with Crippen LogP contribution in [-0.4, -0.2) is 20.8 Å². The lowest BCUT2D eigenvalue weighted by Crippen LogP contribution is -2.31. The van der Waals surface area contributed by atoms with Crippen LogP contribution >= 0.6 is 0 Å². The maximum Gasteiger partial charge on any atom is 0.270 e. The molecule has 24 heavy (non-hydrogen) atoms. The first-order chi connectivity index (χ1) is 11.5. The highest BCUT2D eigenvalue weighted by molar-refractivity contribution is 6.00. The van der Waals surface area contributed by atoms with E-state index in [0.717, 1.165) is 18.5 Å². The van der Waals surface area contributed by atoms with Crippen LogP contribution in [0.3, 0.4) is 0 Å². The number of hydrogen-bond acceptors (Lipinski definition) is 6. The molecular weight excluding hydrogens is 310 g/mol. The number of nitrogens with two attached hydrogens (primary N) is 1. The van der Waals surface area contributed by atoms with E-state index in [1.807, 2.05) is 6.92 Å². The molecule has 3 N–H and O–H groups in total. The summed E-state index contributed by atoms with van der Waals surface area (Å²) < 4.78 is 0. The first kappa shape index (κ1) is 15.9. The molecule has 1 saturated carbocycles. The zero-order valence-electron chi connectivity index (χ0n) is 13.1. The first-order valence-electron chi connectivity index (χ1n) is 7.60. The Morgan fingerprint density at radius 1 is 1.42 bits per heavy atom. The Morgan fingerprint density at radius 2 is 2.17 bits per heavy atom. The number of carbonyl (C=O) groups excluding carboxylic acids is 1. The quantitative estimate of drug-likeness (QED) is 0.492. The van der Waals surface area contributed by atoms with E-state index in [-0.39, 0.29) is 28.9 Å². The zero-order valence-corrected chi connectivity index (χ0v) is 13.1. The number of non-ortho nitro benzene ring substituents is 1. The molecule has 1 amide bonds. The van der Waals surface area contributed by atoms with Gasteiger partial charge in [0, 0.05) is 29.7 Å². The van der Waals surface area contributed by atoms with Gasteiger partial charge >= 0.3 is 0 Å². The highest BCUT2D eigenvalue weighted by atomic mass is 16.6. The number of aryl methyl sites for hydroxylation is 1. The minimum absolute atomic E-state index is 0.0857. The van der Waals surface area contributed by atoms with Crippen molar-refractivity contribution in [3.8, 4) is 0 Å². The summed E-state index contributed by atoms with van der Waals surface area (Å²) in [4.78, 5) is 31.5. The van der Waals surface area contributed by atoms with Crippen LogP contribution in [0.4, 0.5) is 11.4 Å². The van der Waals surface area contributed by atoms with Crippen LogP contribution in [0.25, 0.3) is 0 Å². The second-order valence-electron chi connectivity index (χ2n) is 5.87. The van der Waals surface area contributed by atoms with Crippen molar-refractivity contribution in [1.82, 2.24) is 15.3 Å². The monoisotopic (exact) mass is 327 g/mol. The molecule has 1 aliphatic carbocycles. The van der Waals surface area contributed by atoms with E-state index in [1.165, 1.54) is 18.2 Å². The van der Waals surface area contributed by atoms with Crippen molar-refractivity contribution in [2.45, 2.75) is 25.8 Å².